The molecule has 0 fully saturated rings. The van der Waals surface area contributed by atoms with E-state index in [1.54, 1.807) is 24.8 Å². The average molecular weight is 235 g/mol. The first-order valence-corrected chi connectivity index (χ1v) is 4.94. The molecule has 90 valence electrons. The maximum absolute atomic E-state index is 11.6. The standard InChI is InChI=1S/C10H13N5O2/c1-14-8(11)4-7(13-14)9-6(10(16)17-3)5-12-15(9)2/h4-5H,11H2,1-3H3. The largest absolute Gasteiger partial charge is 0.465 e. The summed E-state index contributed by atoms with van der Waals surface area (Å²) in [4.78, 5) is 11.6. The van der Waals surface area contributed by atoms with E-state index < -0.39 is 5.97 Å². The molecule has 0 spiro atoms. The highest BCUT2D eigenvalue weighted by Crippen LogP contribution is 2.23. The SMILES string of the molecule is COC(=O)c1cnn(C)c1-c1cc(N)n(C)n1. The normalized spacial score (nSPS) is 10.5. The number of anilines is 1. The van der Waals surface area contributed by atoms with E-state index in [1.807, 2.05) is 0 Å². The van der Waals surface area contributed by atoms with E-state index in [4.69, 9.17) is 10.5 Å². The molecular weight excluding hydrogens is 222 g/mol. The van der Waals surface area contributed by atoms with Gasteiger partial charge in [0.05, 0.1) is 13.3 Å². The van der Waals surface area contributed by atoms with Gasteiger partial charge in [-0.3, -0.25) is 9.36 Å². The number of rotatable bonds is 2. The lowest BCUT2D eigenvalue weighted by molar-refractivity contribution is 0.0601. The number of carbonyl (C=O) groups excluding carboxylic acids is 1. The van der Waals surface area contributed by atoms with Gasteiger partial charge in [-0.25, -0.2) is 4.79 Å². The fourth-order valence-electron chi connectivity index (χ4n) is 1.60. The molecule has 0 amide bonds. The maximum atomic E-state index is 11.6. The van der Waals surface area contributed by atoms with Crippen LogP contribution in [0.5, 0.6) is 0 Å². The number of carbonyl (C=O) groups is 1. The summed E-state index contributed by atoms with van der Waals surface area (Å²) in [5.74, 6) is 0.0642. The lowest BCUT2D eigenvalue weighted by Gasteiger charge is -2.01. The summed E-state index contributed by atoms with van der Waals surface area (Å²) in [5.41, 5.74) is 7.25. The molecule has 0 aliphatic heterocycles. The lowest BCUT2D eigenvalue weighted by Crippen LogP contribution is -2.04. The van der Waals surface area contributed by atoms with Crippen molar-refractivity contribution in [3.63, 3.8) is 0 Å². The number of nitrogens with zero attached hydrogens (tertiary/aromatic N) is 4. The van der Waals surface area contributed by atoms with Crippen LogP contribution >= 0.6 is 0 Å². The lowest BCUT2D eigenvalue weighted by atomic mass is 10.2. The number of aryl methyl sites for hydroxylation is 2. The zero-order chi connectivity index (χ0) is 12.6. The zero-order valence-electron chi connectivity index (χ0n) is 9.84. The minimum Gasteiger partial charge on any atom is -0.465 e. The van der Waals surface area contributed by atoms with Crippen molar-refractivity contribution in [2.24, 2.45) is 14.1 Å². The number of nitrogens with two attached hydrogens (primary N) is 1. The highest BCUT2D eigenvalue weighted by molar-refractivity contribution is 5.95. The van der Waals surface area contributed by atoms with Gasteiger partial charge in [0.15, 0.2) is 0 Å². The molecule has 7 heteroatoms. The zero-order valence-corrected chi connectivity index (χ0v) is 9.84. The Morgan fingerprint density at radius 2 is 2.12 bits per heavy atom. The number of hydrogen-bond donors (Lipinski definition) is 1. The van der Waals surface area contributed by atoms with Gasteiger partial charge in [0.2, 0.25) is 0 Å². The molecule has 0 radical (unpaired) electrons. The van der Waals surface area contributed by atoms with E-state index in [2.05, 4.69) is 10.2 Å². The molecule has 7 nitrogen and oxygen atoms in total. The second-order valence-electron chi connectivity index (χ2n) is 3.60. The third-order valence-corrected chi connectivity index (χ3v) is 2.50. The van der Waals surface area contributed by atoms with Crippen molar-refractivity contribution in [3.05, 3.63) is 17.8 Å². The van der Waals surface area contributed by atoms with Gasteiger partial charge in [0, 0.05) is 20.2 Å². The summed E-state index contributed by atoms with van der Waals surface area (Å²) in [6.45, 7) is 0. The molecule has 2 N–H and O–H groups in total. The quantitative estimate of drug-likeness (QED) is 0.751. The topological polar surface area (TPSA) is 88.0 Å². The van der Waals surface area contributed by atoms with Crippen molar-refractivity contribution in [3.8, 4) is 11.4 Å². The van der Waals surface area contributed by atoms with E-state index in [0.717, 1.165) is 0 Å². The van der Waals surface area contributed by atoms with E-state index in [9.17, 15) is 4.79 Å². The summed E-state index contributed by atoms with van der Waals surface area (Å²) in [6.07, 6.45) is 1.45. The molecular formula is C10H13N5O2. The van der Waals surface area contributed by atoms with Crippen molar-refractivity contribution in [2.45, 2.75) is 0 Å². The van der Waals surface area contributed by atoms with Crippen LogP contribution in [0.1, 0.15) is 10.4 Å². The Hall–Kier alpha value is -2.31. The number of ether oxygens (including phenoxy) is 1. The third-order valence-electron chi connectivity index (χ3n) is 2.50. The van der Waals surface area contributed by atoms with E-state index in [0.29, 0.717) is 22.8 Å². The van der Waals surface area contributed by atoms with Crippen molar-refractivity contribution in [2.75, 3.05) is 12.8 Å². The third kappa shape index (κ3) is 1.75. The van der Waals surface area contributed by atoms with Crippen LogP contribution in [0.2, 0.25) is 0 Å². The minimum atomic E-state index is -0.447. The van der Waals surface area contributed by atoms with E-state index in [-0.39, 0.29) is 0 Å². The predicted octanol–water partition coefficient (Wildman–Crippen LogP) is 0.189. The van der Waals surface area contributed by atoms with Crippen LogP contribution in [-0.4, -0.2) is 32.6 Å². The fourth-order valence-corrected chi connectivity index (χ4v) is 1.60. The van der Waals surface area contributed by atoms with Crippen LogP contribution in [0.15, 0.2) is 12.3 Å². The van der Waals surface area contributed by atoms with Gasteiger partial charge in [0.25, 0.3) is 0 Å². The Morgan fingerprint density at radius 1 is 1.41 bits per heavy atom. The molecule has 0 aliphatic carbocycles. The van der Waals surface area contributed by atoms with Crippen LogP contribution < -0.4 is 5.73 Å². The molecule has 2 rings (SSSR count). The molecule has 2 aromatic rings. The molecule has 0 unspecified atom stereocenters. The van der Waals surface area contributed by atoms with E-state index in [1.165, 1.54) is 18.0 Å². The molecule has 0 aromatic carbocycles. The molecule has 0 atom stereocenters. The highest BCUT2D eigenvalue weighted by Gasteiger charge is 2.20. The molecule has 0 bridgehead atoms. The van der Waals surface area contributed by atoms with Crippen molar-refractivity contribution >= 4 is 11.8 Å². The van der Waals surface area contributed by atoms with Gasteiger partial charge in [-0.2, -0.15) is 10.2 Å². The Balaban J connectivity index is 2.58. The van der Waals surface area contributed by atoms with Crippen LogP contribution in [0.25, 0.3) is 11.4 Å². The second kappa shape index (κ2) is 3.93. The first-order valence-electron chi connectivity index (χ1n) is 4.94. The van der Waals surface area contributed by atoms with Gasteiger partial charge >= 0.3 is 5.97 Å². The smallest absolute Gasteiger partial charge is 0.341 e. The first-order chi connectivity index (χ1) is 8.04. The molecule has 2 aromatic heterocycles. The number of nitrogen functional groups attached to an aromatic ring is 1. The van der Waals surface area contributed by atoms with Gasteiger partial charge in [-0.05, 0) is 0 Å². The number of hydrogen-bond acceptors (Lipinski definition) is 5. The number of aromatic nitrogens is 4. The molecule has 0 aliphatic rings. The van der Waals surface area contributed by atoms with Gasteiger partial charge < -0.3 is 10.5 Å². The van der Waals surface area contributed by atoms with Crippen LogP contribution in [0.3, 0.4) is 0 Å². The molecule has 0 saturated carbocycles. The number of methoxy groups -OCH3 is 1. The van der Waals surface area contributed by atoms with Crippen LogP contribution in [0.4, 0.5) is 5.82 Å². The first kappa shape index (κ1) is 11.2. The number of esters is 1. The molecule has 2 heterocycles. The average Bonchev–Trinajstić information content (AvgIpc) is 2.82. The highest BCUT2D eigenvalue weighted by atomic mass is 16.5. The van der Waals surface area contributed by atoms with Crippen LogP contribution in [0, 0.1) is 0 Å². The minimum absolute atomic E-state index is 0.369. The Kier molecular flexibility index (Phi) is 2.58. The monoisotopic (exact) mass is 235 g/mol. The Labute approximate surface area is 97.8 Å². The predicted molar refractivity (Wildman–Crippen MR) is 61.2 cm³/mol. The van der Waals surface area contributed by atoms with Gasteiger partial charge in [0.1, 0.15) is 22.8 Å². The summed E-state index contributed by atoms with van der Waals surface area (Å²) in [7, 11) is 4.78. The van der Waals surface area contributed by atoms with Crippen LogP contribution in [-0.2, 0) is 18.8 Å². The maximum Gasteiger partial charge on any atom is 0.341 e. The summed E-state index contributed by atoms with van der Waals surface area (Å²) in [5, 5.41) is 8.24. The van der Waals surface area contributed by atoms with Crippen molar-refractivity contribution in [1.82, 2.24) is 19.6 Å². The Morgan fingerprint density at radius 3 is 2.65 bits per heavy atom. The van der Waals surface area contributed by atoms with Gasteiger partial charge in [-0.15, -0.1) is 0 Å². The summed E-state index contributed by atoms with van der Waals surface area (Å²) in [6, 6.07) is 1.68. The molecule has 17 heavy (non-hydrogen) atoms. The summed E-state index contributed by atoms with van der Waals surface area (Å²) < 4.78 is 7.79. The fraction of sp³-hybridized carbons (Fsp3) is 0.300. The Bertz CT molecular complexity index is 550. The summed E-state index contributed by atoms with van der Waals surface area (Å²) >= 11 is 0. The molecule has 0 saturated heterocycles. The van der Waals surface area contributed by atoms with Gasteiger partial charge in [-0.1, -0.05) is 0 Å². The van der Waals surface area contributed by atoms with Crippen molar-refractivity contribution in [1.29, 1.82) is 0 Å². The van der Waals surface area contributed by atoms with Crippen molar-refractivity contribution < 1.29 is 9.53 Å². The van der Waals surface area contributed by atoms with E-state index >= 15 is 0 Å². The second-order valence-corrected chi connectivity index (χ2v) is 3.60.